The van der Waals surface area contributed by atoms with E-state index in [0.29, 0.717) is 36.7 Å². The van der Waals surface area contributed by atoms with Crippen LogP contribution < -0.4 is 10.2 Å². The van der Waals surface area contributed by atoms with E-state index < -0.39 is 5.41 Å². The number of hydrogen-bond acceptors (Lipinski definition) is 6. The number of pyridine rings is 1. The Morgan fingerprint density at radius 1 is 1.28 bits per heavy atom. The predicted octanol–water partition coefficient (Wildman–Crippen LogP) is 2.58. The van der Waals surface area contributed by atoms with Gasteiger partial charge in [-0.2, -0.15) is 10.4 Å². The molecule has 1 saturated carbocycles. The molecule has 3 aromatic heterocycles. The number of fused-ring (bicyclic) bond motifs is 2. The molecule has 6 rings (SSSR count). The highest BCUT2D eigenvalue weighted by atomic mass is 16.2. The molecule has 5 heterocycles. The second-order valence-corrected chi connectivity index (χ2v) is 8.96. The molecule has 1 saturated heterocycles. The Morgan fingerprint density at radius 3 is 2.91 bits per heavy atom. The molecule has 2 atom stereocenters. The number of nitrogens with one attached hydrogen (secondary N) is 1. The Kier molecular flexibility index (Phi) is 3.90. The van der Waals surface area contributed by atoms with Gasteiger partial charge in [0.15, 0.2) is 5.82 Å². The minimum Gasteiger partial charge on any atom is -0.310 e. The highest BCUT2D eigenvalue weighted by Crippen LogP contribution is 2.54. The van der Waals surface area contributed by atoms with E-state index in [1.54, 1.807) is 21.8 Å². The first-order chi connectivity index (χ1) is 15.5. The minimum absolute atomic E-state index is 0.0329. The molecule has 0 bridgehead atoms. The molecule has 160 valence electrons. The molecular weight excluding hydrogens is 406 g/mol. The summed E-state index contributed by atoms with van der Waals surface area (Å²) in [5.41, 5.74) is 2.11. The van der Waals surface area contributed by atoms with Crippen LogP contribution in [0.15, 0.2) is 30.7 Å². The van der Waals surface area contributed by atoms with Crippen molar-refractivity contribution in [2.45, 2.75) is 32.6 Å². The molecule has 2 aliphatic heterocycles. The van der Waals surface area contributed by atoms with Crippen molar-refractivity contribution in [3.63, 3.8) is 0 Å². The molecule has 0 spiro atoms. The number of amides is 2. The van der Waals surface area contributed by atoms with E-state index in [-0.39, 0.29) is 23.7 Å². The maximum Gasteiger partial charge on any atom is 0.249 e. The summed E-state index contributed by atoms with van der Waals surface area (Å²) in [5, 5.41) is 17.2. The second-order valence-electron chi connectivity index (χ2n) is 8.96. The standard InChI is InChI=1S/C23H21N7O2/c1-13-10-29(22(32)23(13,12-24)16-3-4-16)21-18-6-7-26-30(18)11-17(27-21)15-8-14-2-5-19(31)28-20(14)25-9-15/h6-9,11,13,16H,2-5,10H2,1H3,(H,25,28,31)/t13-,23+/m1/s1. The molecule has 0 aromatic carbocycles. The molecule has 2 fully saturated rings. The molecule has 3 aromatic rings. The average molecular weight is 427 g/mol. The van der Waals surface area contributed by atoms with Crippen LogP contribution in [0.3, 0.4) is 0 Å². The van der Waals surface area contributed by atoms with Crippen molar-refractivity contribution in [2.24, 2.45) is 17.3 Å². The molecule has 32 heavy (non-hydrogen) atoms. The van der Waals surface area contributed by atoms with Crippen LogP contribution in [-0.4, -0.2) is 37.9 Å². The topological polar surface area (TPSA) is 116 Å². The summed E-state index contributed by atoms with van der Waals surface area (Å²) in [4.78, 5) is 36.1. The number of anilines is 2. The van der Waals surface area contributed by atoms with Crippen molar-refractivity contribution in [2.75, 3.05) is 16.8 Å². The van der Waals surface area contributed by atoms with E-state index in [1.807, 2.05) is 25.3 Å². The van der Waals surface area contributed by atoms with Crippen molar-refractivity contribution < 1.29 is 9.59 Å². The number of hydrogen-bond donors (Lipinski definition) is 1. The van der Waals surface area contributed by atoms with Gasteiger partial charge in [-0.15, -0.1) is 0 Å². The van der Waals surface area contributed by atoms with Gasteiger partial charge >= 0.3 is 0 Å². The Hall–Kier alpha value is -3.80. The number of aromatic nitrogens is 4. The van der Waals surface area contributed by atoms with Crippen molar-refractivity contribution in [1.29, 1.82) is 5.26 Å². The lowest BCUT2D eigenvalue weighted by molar-refractivity contribution is -0.125. The molecule has 0 unspecified atom stereocenters. The lowest BCUT2D eigenvalue weighted by Crippen LogP contribution is -2.37. The van der Waals surface area contributed by atoms with Gasteiger partial charge in [-0.25, -0.2) is 14.5 Å². The van der Waals surface area contributed by atoms with E-state index in [0.717, 1.165) is 29.5 Å². The van der Waals surface area contributed by atoms with Gasteiger partial charge in [-0.3, -0.25) is 14.5 Å². The first-order valence-electron chi connectivity index (χ1n) is 10.9. The van der Waals surface area contributed by atoms with Gasteiger partial charge in [0, 0.05) is 30.6 Å². The van der Waals surface area contributed by atoms with E-state index >= 15 is 0 Å². The van der Waals surface area contributed by atoms with Gasteiger partial charge in [-0.1, -0.05) is 6.92 Å². The Bertz CT molecular complexity index is 1340. The summed E-state index contributed by atoms with van der Waals surface area (Å²) in [7, 11) is 0. The summed E-state index contributed by atoms with van der Waals surface area (Å²) in [6.45, 7) is 2.44. The molecule has 3 aliphatic rings. The monoisotopic (exact) mass is 427 g/mol. The summed E-state index contributed by atoms with van der Waals surface area (Å²) in [6, 6.07) is 6.18. The van der Waals surface area contributed by atoms with E-state index in [9.17, 15) is 14.9 Å². The third-order valence-electron chi connectivity index (χ3n) is 7.01. The smallest absolute Gasteiger partial charge is 0.249 e. The number of aryl methyl sites for hydroxylation is 1. The van der Waals surface area contributed by atoms with Gasteiger partial charge in [-0.05, 0) is 42.9 Å². The van der Waals surface area contributed by atoms with Crippen LogP contribution in [0.1, 0.15) is 31.7 Å². The molecule has 1 N–H and O–H groups in total. The lowest BCUT2D eigenvalue weighted by Gasteiger charge is -2.23. The quantitative estimate of drug-likeness (QED) is 0.687. The van der Waals surface area contributed by atoms with Gasteiger partial charge < -0.3 is 5.32 Å². The SMILES string of the molecule is C[C@@H]1CN(c2nc(-c3cnc4c(c3)CCC(=O)N4)cn3nccc23)C(=O)[C@]1(C#N)C1CC1. The fraction of sp³-hybridized carbons (Fsp3) is 0.391. The fourth-order valence-electron chi connectivity index (χ4n) is 5.13. The Balaban J connectivity index is 1.46. The van der Waals surface area contributed by atoms with E-state index in [2.05, 4.69) is 21.5 Å². The molecule has 1 aliphatic carbocycles. The maximum atomic E-state index is 13.6. The Morgan fingerprint density at radius 2 is 2.12 bits per heavy atom. The van der Waals surface area contributed by atoms with Crippen molar-refractivity contribution in [1.82, 2.24) is 19.6 Å². The third kappa shape index (κ3) is 2.59. The van der Waals surface area contributed by atoms with Crippen LogP contribution >= 0.6 is 0 Å². The van der Waals surface area contributed by atoms with Gasteiger partial charge in [0.05, 0.1) is 24.2 Å². The number of nitrogens with zero attached hydrogens (tertiary/aromatic N) is 6. The second kappa shape index (κ2) is 6.60. The summed E-state index contributed by atoms with van der Waals surface area (Å²) < 4.78 is 1.71. The van der Waals surface area contributed by atoms with Crippen molar-refractivity contribution >= 4 is 29.0 Å². The van der Waals surface area contributed by atoms with Crippen molar-refractivity contribution in [3.05, 3.63) is 36.3 Å². The third-order valence-corrected chi connectivity index (χ3v) is 7.01. The first kappa shape index (κ1) is 18.9. The molecule has 9 heteroatoms. The van der Waals surface area contributed by atoms with Crippen LogP contribution in [0.25, 0.3) is 16.8 Å². The zero-order valence-electron chi connectivity index (χ0n) is 17.6. The highest BCUT2D eigenvalue weighted by Gasteiger charge is 2.61. The average Bonchev–Trinajstić information content (AvgIpc) is 3.47. The van der Waals surface area contributed by atoms with Crippen molar-refractivity contribution in [3.8, 4) is 17.3 Å². The lowest BCUT2D eigenvalue weighted by atomic mass is 9.75. The van der Waals surface area contributed by atoms with E-state index in [1.165, 1.54) is 0 Å². The van der Waals surface area contributed by atoms with Gasteiger partial charge in [0.1, 0.15) is 16.7 Å². The summed E-state index contributed by atoms with van der Waals surface area (Å²) >= 11 is 0. The number of rotatable bonds is 3. The molecule has 9 nitrogen and oxygen atoms in total. The zero-order chi connectivity index (χ0) is 22.0. The highest BCUT2D eigenvalue weighted by molar-refractivity contribution is 6.04. The molecule has 2 amide bonds. The maximum absolute atomic E-state index is 13.6. The number of carbonyl (C=O) groups excluding carboxylic acids is 2. The van der Waals surface area contributed by atoms with Crippen LogP contribution in [0.2, 0.25) is 0 Å². The summed E-state index contributed by atoms with van der Waals surface area (Å²) in [6.07, 6.45) is 8.04. The number of carbonyl (C=O) groups is 2. The zero-order valence-corrected chi connectivity index (χ0v) is 17.6. The largest absolute Gasteiger partial charge is 0.310 e. The molecular formula is C23H21N7O2. The first-order valence-corrected chi connectivity index (χ1v) is 10.9. The fourth-order valence-corrected chi connectivity index (χ4v) is 5.13. The minimum atomic E-state index is -0.972. The normalized spacial score (nSPS) is 25.0. The van der Waals surface area contributed by atoms with Gasteiger partial charge in [0.25, 0.3) is 0 Å². The van der Waals surface area contributed by atoms with Crippen LogP contribution in [0, 0.1) is 28.6 Å². The Labute approximate surface area is 184 Å². The van der Waals surface area contributed by atoms with E-state index in [4.69, 9.17) is 4.98 Å². The van der Waals surface area contributed by atoms with Crippen LogP contribution in [-0.2, 0) is 16.0 Å². The van der Waals surface area contributed by atoms with Crippen LogP contribution in [0.4, 0.5) is 11.6 Å². The predicted molar refractivity (Wildman–Crippen MR) is 115 cm³/mol. The summed E-state index contributed by atoms with van der Waals surface area (Å²) in [5.74, 6) is 0.959. The van der Waals surface area contributed by atoms with Crippen LogP contribution in [0.5, 0.6) is 0 Å². The molecule has 0 radical (unpaired) electrons. The number of nitriles is 1. The van der Waals surface area contributed by atoms with Gasteiger partial charge in [0.2, 0.25) is 11.8 Å².